The van der Waals surface area contributed by atoms with Crippen LogP contribution in [0.5, 0.6) is 5.75 Å². The fourth-order valence-electron chi connectivity index (χ4n) is 1.75. The topological polar surface area (TPSA) is 50.7 Å². The first-order chi connectivity index (χ1) is 9.11. The fraction of sp³-hybridized carbons (Fsp3) is 0.600. The molecule has 0 aromatic heterocycles. The molecule has 1 aromatic rings. The van der Waals surface area contributed by atoms with E-state index in [4.69, 9.17) is 9.47 Å². The molecule has 0 heterocycles. The van der Waals surface area contributed by atoms with Crippen molar-refractivity contribution in [3.05, 3.63) is 29.8 Å². The summed E-state index contributed by atoms with van der Waals surface area (Å²) >= 11 is 0. The Morgan fingerprint density at radius 1 is 1.32 bits per heavy atom. The highest BCUT2D eigenvalue weighted by Gasteiger charge is 2.06. The molecule has 0 amide bonds. The first kappa shape index (κ1) is 16.0. The van der Waals surface area contributed by atoms with E-state index in [0.717, 1.165) is 17.9 Å². The molecule has 2 unspecified atom stereocenters. The minimum absolute atomic E-state index is 0.162. The van der Waals surface area contributed by atoms with Gasteiger partial charge in [0.2, 0.25) is 0 Å². The predicted molar refractivity (Wildman–Crippen MR) is 76.6 cm³/mol. The van der Waals surface area contributed by atoms with Gasteiger partial charge in [0.05, 0.1) is 6.10 Å². The highest BCUT2D eigenvalue weighted by atomic mass is 16.5. The number of hydrogen-bond acceptors (Lipinski definition) is 4. The molecule has 0 aliphatic heterocycles. The summed E-state index contributed by atoms with van der Waals surface area (Å²) in [7, 11) is 0. The monoisotopic (exact) mass is 267 g/mol. The number of aryl methyl sites for hydroxylation is 1. The fourth-order valence-corrected chi connectivity index (χ4v) is 1.75. The molecule has 1 aromatic carbocycles. The molecule has 1 rings (SSSR count). The van der Waals surface area contributed by atoms with Crippen molar-refractivity contribution >= 4 is 0 Å². The number of rotatable bonds is 9. The van der Waals surface area contributed by atoms with Gasteiger partial charge in [0.25, 0.3) is 0 Å². The zero-order valence-electron chi connectivity index (χ0n) is 12.1. The molecule has 0 aliphatic carbocycles. The average molecular weight is 267 g/mol. The summed E-state index contributed by atoms with van der Waals surface area (Å²) in [5.74, 6) is 0.793. The normalized spacial score (nSPS) is 14.1. The van der Waals surface area contributed by atoms with Crippen LogP contribution in [0, 0.1) is 6.92 Å². The quantitative estimate of drug-likeness (QED) is 0.715. The Morgan fingerprint density at radius 3 is 2.79 bits per heavy atom. The molecule has 2 N–H and O–H groups in total. The van der Waals surface area contributed by atoms with Crippen molar-refractivity contribution in [2.75, 3.05) is 26.3 Å². The minimum atomic E-state index is -0.519. The van der Waals surface area contributed by atoms with Gasteiger partial charge in [0.1, 0.15) is 18.5 Å². The number of aliphatic hydroxyl groups is 1. The lowest BCUT2D eigenvalue weighted by Gasteiger charge is -2.16. The van der Waals surface area contributed by atoms with Crippen molar-refractivity contribution < 1.29 is 14.6 Å². The molecule has 0 fully saturated rings. The van der Waals surface area contributed by atoms with Gasteiger partial charge in [-0.1, -0.05) is 12.1 Å². The molecule has 2 atom stereocenters. The van der Waals surface area contributed by atoms with Crippen LogP contribution in [-0.2, 0) is 4.74 Å². The third-order valence-electron chi connectivity index (χ3n) is 2.69. The molecule has 0 spiro atoms. The molecule has 0 aliphatic rings. The smallest absolute Gasteiger partial charge is 0.119 e. The summed E-state index contributed by atoms with van der Waals surface area (Å²) in [6, 6.07) is 7.81. The number of ether oxygens (including phenoxy) is 2. The number of benzene rings is 1. The van der Waals surface area contributed by atoms with Gasteiger partial charge < -0.3 is 19.9 Å². The maximum Gasteiger partial charge on any atom is 0.119 e. The maximum absolute atomic E-state index is 9.79. The number of hydrogen-bond donors (Lipinski definition) is 2. The molecule has 0 saturated carbocycles. The van der Waals surface area contributed by atoms with Crippen molar-refractivity contribution in [2.45, 2.75) is 33.0 Å². The van der Waals surface area contributed by atoms with Crippen LogP contribution >= 0.6 is 0 Å². The van der Waals surface area contributed by atoms with Crippen LogP contribution in [0.1, 0.15) is 19.4 Å². The van der Waals surface area contributed by atoms with Crippen molar-refractivity contribution in [2.24, 2.45) is 0 Å². The Hall–Kier alpha value is -1.10. The summed E-state index contributed by atoms with van der Waals surface area (Å²) in [6.45, 7) is 8.23. The van der Waals surface area contributed by atoms with Crippen LogP contribution in [0.25, 0.3) is 0 Å². The molecule has 19 heavy (non-hydrogen) atoms. The van der Waals surface area contributed by atoms with Gasteiger partial charge in [-0.3, -0.25) is 0 Å². The van der Waals surface area contributed by atoms with E-state index in [-0.39, 0.29) is 6.10 Å². The largest absolute Gasteiger partial charge is 0.491 e. The summed E-state index contributed by atoms with van der Waals surface area (Å²) in [4.78, 5) is 0. The van der Waals surface area contributed by atoms with Crippen LogP contribution < -0.4 is 10.1 Å². The van der Waals surface area contributed by atoms with Gasteiger partial charge in [0.15, 0.2) is 0 Å². The second kappa shape index (κ2) is 8.91. The third-order valence-corrected chi connectivity index (χ3v) is 2.69. The van der Waals surface area contributed by atoms with E-state index in [9.17, 15) is 5.11 Å². The molecule has 0 radical (unpaired) electrons. The Labute approximate surface area is 115 Å². The lowest BCUT2D eigenvalue weighted by Crippen LogP contribution is -2.35. The van der Waals surface area contributed by atoms with Crippen LogP contribution in [0.3, 0.4) is 0 Å². The molecule has 4 heteroatoms. The predicted octanol–water partition coefficient (Wildman–Crippen LogP) is 1.75. The summed E-state index contributed by atoms with van der Waals surface area (Å²) in [5.41, 5.74) is 1.15. The third kappa shape index (κ3) is 7.15. The van der Waals surface area contributed by atoms with E-state index in [0.29, 0.717) is 19.8 Å². The van der Waals surface area contributed by atoms with E-state index < -0.39 is 6.10 Å². The van der Waals surface area contributed by atoms with E-state index in [1.807, 2.05) is 45.0 Å². The van der Waals surface area contributed by atoms with Crippen molar-refractivity contribution in [1.29, 1.82) is 0 Å². The minimum Gasteiger partial charge on any atom is -0.491 e. The SMILES string of the molecule is CCOC(C)CNCC(O)COc1cccc(C)c1. The highest BCUT2D eigenvalue weighted by Crippen LogP contribution is 2.12. The Balaban J connectivity index is 2.16. The molecule has 0 saturated heterocycles. The maximum atomic E-state index is 9.79. The standard InChI is InChI=1S/C15H25NO3/c1-4-18-13(3)9-16-10-14(17)11-19-15-7-5-6-12(2)8-15/h5-8,13-14,16-17H,4,9-11H2,1-3H3. The van der Waals surface area contributed by atoms with E-state index in [1.165, 1.54) is 0 Å². The lowest BCUT2D eigenvalue weighted by molar-refractivity contribution is 0.0671. The molecular formula is C15H25NO3. The molecular weight excluding hydrogens is 242 g/mol. The summed E-state index contributed by atoms with van der Waals surface area (Å²) in [5, 5.41) is 13.0. The molecule has 108 valence electrons. The molecule has 0 bridgehead atoms. The second-order valence-corrected chi connectivity index (χ2v) is 4.71. The first-order valence-electron chi connectivity index (χ1n) is 6.81. The van der Waals surface area contributed by atoms with Gasteiger partial charge in [0, 0.05) is 19.7 Å². The Bertz CT molecular complexity index is 357. The van der Waals surface area contributed by atoms with Crippen LogP contribution in [0.15, 0.2) is 24.3 Å². The zero-order chi connectivity index (χ0) is 14.1. The van der Waals surface area contributed by atoms with Gasteiger partial charge >= 0.3 is 0 Å². The second-order valence-electron chi connectivity index (χ2n) is 4.71. The molecule has 4 nitrogen and oxygen atoms in total. The van der Waals surface area contributed by atoms with Crippen molar-refractivity contribution in [1.82, 2.24) is 5.32 Å². The van der Waals surface area contributed by atoms with E-state index in [2.05, 4.69) is 5.32 Å². The Morgan fingerprint density at radius 2 is 2.11 bits per heavy atom. The van der Waals surface area contributed by atoms with E-state index >= 15 is 0 Å². The van der Waals surface area contributed by atoms with Gasteiger partial charge in [-0.15, -0.1) is 0 Å². The average Bonchev–Trinajstić information content (AvgIpc) is 2.37. The van der Waals surface area contributed by atoms with Gasteiger partial charge in [-0.25, -0.2) is 0 Å². The van der Waals surface area contributed by atoms with Crippen LogP contribution in [0.2, 0.25) is 0 Å². The highest BCUT2D eigenvalue weighted by molar-refractivity contribution is 5.27. The van der Waals surface area contributed by atoms with Crippen molar-refractivity contribution in [3.63, 3.8) is 0 Å². The summed E-state index contributed by atoms with van der Waals surface area (Å²) < 4.78 is 10.9. The zero-order valence-corrected chi connectivity index (χ0v) is 12.1. The first-order valence-corrected chi connectivity index (χ1v) is 6.81. The Kier molecular flexibility index (Phi) is 7.48. The number of nitrogens with one attached hydrogen (secondary N) is 1. The number of aliphatic hydroxyl groups excluding tert-OH is 1. The van der Waals surface area contributed by atoms with Crippen LogP contribution in [-0.4, -0.2) is 43.6 Å². The lowest BCUT2D eigenvalue weighted by atomic mass is 10.2. The van der Waals surface area contributed by atoms with Crippen molar-refractivity contribution in [3.8, 4) is 5.75 Å². The van der Waals surface area contributed by atoms with Gasteiger partial charge in [-0.2, -0.15) is 0 Å². The van der Waals surface area contributed by atoms with Crippen LogP contribution in [0.4, 0.5) is 0 Å². The van der Waals surface area contributed by atoms with E-state index in [1.54, 1.807) is 0 Å². The van der Waals surface area contributed by atoms with Gasteiger partial charge in [-0.05, 0) is 38.5 Å². The summed E-state index contributed by atoms with van der Waals surface area (Å²) in [6.07, 6.45) is -0.357.